The Balaban J connectivity index is 2.33. The van der Waals surface area contributed by atoms with Gasteiger partial charge in [-0.2, -0.15) is 5.26 Å². The van der Waals surface area contributed by atoms with Crippen molar-refractivity contribution in [1.82, 2.24) is 10.3 Å². The molecule has 0 unspecified atom stereocenters. The van der Waals surface area contributed by atoms with Crippen molar-refractivity contribution in [3.8, 4) is 6.07 Å². The second-order valence-electron chi connectivity index (χ2n) is 3.54. The molecule has 0 radical (unpaired) electrons. The second kappa shape index (κ2) is 4.16. The average Bonchev–Trinajstić information content (AvgIpc) is 2.56. The van der Waals surface area contributed by atoms with E-state index in [0.29, 0.717) is 6.54 Å². The highest BCUT2D eigenvalue weighted by atomic mass is 14.9. The molecule has 0 fully saturated rings. The van der Waals surface area contributed by atoms with Crippen LogP contribution in [0, 0.1) is 18.3 Å². The van der Waals surface area contributed by atoms with Crippen molar-refractivity contribution < 1.29 is 0 Å². The molecule has 0 aliphatic carbocycles. The van der Waals surface area contributed by atoms with Gasteiger partial charge in [-0.3, -0.25) is 0 Å². The van der Waals surface area contributed by atoms with Gasteiger partial charge in [0.05, 0.1) is 12.6 Å². The maximum atomic E-state index is 8.46. The van der Waals surface area contributed by atoms with Crippen molar-refractivity contribution >= 4 is 10.9 Å². The van der Waals surface area contributed by atoms with Gasteiger partial charge in [0, 0.05) is 23.1 Å². The molecular weight excluding hydrogens is 186 g/mol. The number of rotatable bonds is 3. The quantitative estimate of drug-likeness (QED) is 0.587. The van der Waals surface area contributed by atoms with E-state index in [1.165, 1.54) is 16.6 Å². The number of nitrogens with zero attached hydrogens (tertiary/aromatic N) is 1. The highest BCUT2D eigenvalue weighted by molar-refractivity contribution is 5.84. The zero-order chi connectivity index (χ0) is 10.7. The number of aromatic nitrogens is 1. The van der Waals surface area contributed by atoms with E-state index in [1.54, 1.807) is 0 Å². The van der Waals surface area contributed by atoms with Crippen LogP contribution in [0.15, 0.2) is 24.3 Å². The number of benzene rings is 1. The lowest BCUT2D eigenvalue weighted by Crippen LogP contribution is -2.13. The van der Waals surface area contributed by atoms with Gasteiger partial charge in [0.25, 0.3) is 0 Å². The van der Waals surface area contributed by atoms with Gasteiger partial charge in [-0.15, -0.1) is 0 Å². The molecule has 2 rings (SSSR count). The van der Waals surface area contributed by atoms with Crippen LogP contribution < -0.4 is 5.32 Å². The number of H-pyrrole nitrogens is 1. The molecule has 3 heteroatoms. The molecule has 0 saturated carbocycles. The monoisotopic (exact) mass is 199 g/mol. The van der Waals surface area contributed by atoms with Crippen LogP contribution in [0.3, 0.4) is 0 Å². The molecule has 0 atom stereocenters. The van der Waals surface area contributed by atoms with Gasteiger partial charge < -0.3 is 10.3 Å². The lowest BCUT2D eigenvalue weighted by Gasteiger charge is -2.00. The van der Waals surface area contributed by atoms with Gasteiger partial charge in [-0.25, -0.2) is 0 Å². The van der Waals surface area contributed by atoms with E-state index in [4.69, 9.17) is 5.26 Å². The summed E-state index contributed by atoms with van der Waals surface area (Å²) in [4.78, 5) is 3.33. The SMILES string of the molecule is Cc1[nH]c2ccccc2c1CNCC#N. The lowest BCUT2D eigenvalue weighted by molar-refractivity contribution is 0.765. The molecule has 0 spiro atoms. The lowest BCUT2D eigenvalue weighted by atomic mass is 10.1. The standard InChI is InChI=1S/C12H13N3/c1-9-11(8-14-7-6-13)10-4-2-3-5-12(10)15-9/h2-5,14-15H,7-8H2,1H3. The summed E-state index contributed by atoms with van der Waals surface area (Å²) in [7, 11) is 0. The first kappa shape index (κ1) is 9.75. The van der Waals surface area contributed by atoms with Crippen LogP contribution in [-0.4, -0.2) is 11.5 Å². The predicted molar refractivity (Wildman–Crippen MR) is 60.4 cm³/mol. The van der Waals surface area contributed by atoms with E-state index in [9.17, 15) is 0 Å². The molecule has 76 valence electrons. The normalized spacial score (nSPS) is 10.4. The Morgan fingerprint density at radius 1 is 1.40 bits per heavy atom. The number of para-hydroxylation sites is 1. The maximum absolute atomic E-state index is 8.46. The maximum Gasteiger partial charge on any atom is 0.0843 e. The Labute approximate surface area is 88.7 Å². The molecule has 0 aliphatic heterocycles. The number of fused-ring (bicyclic) bond motifs is 1. The molecule has 0 saturated heterocycles. The summed E-state index contributed by atoms with van der Waals surface area (Å²) in [5, 5.41) is 12.8. The smallest absolute Gasteiger partial charge is 0.0843 e. The van der Waals surface area contributed by atoms with Gasteiger partial charge in [-0.05, 0) is 18.6 Å². The summed E-state index contributed by atoms with van der Waals surface area (Å²) in [5.74, 6) is 0. The minimum atomic E-state index is 0.388. The highest BCUT2D eigenvalue weighted by Gasteiger charge is 2.06. The van der Waals surface area contributed by atoms with Crippen LogP contribution in [-0.2, 0) is 6.54 Å². The minimum absolute atomic E-state index is 0.388. The van der Waals surface area contributed by atoms with Crippen LogP contribution >= 0.6 is 0 Å². The van der Waals surface area contributed by atoms with Crippen molar-refractivity contribution in [3.63, 3.8) is 0 Å². The Hall–Kier alpha value is -1.79. The third-order valence-electron chi connectivity index (χ3n) is 2.53. The number of aromatic amines is 1. The molecule has 1 aromatic heterocycles. The van der Waals surface area contributed by atoms with Crippen molar-refractivity contribution in [1.29, 1.82) is 5.26 Å². The first-order valence-electron chi connectivity index (χ1n) is 4.97. The minimum Gasteiger partial charge on any atom is -0.358 e. The summed E-state index contributed by atoms with van der Waals surface area (Å²) < 4.78 is 0. The Kier molecular flexibility index (Phi) is 2.70. The molecule has 15 heavy (non-hydrogen) atoms. The molecule has 1 aromatic carbocycles. The van der Waals surface area contributed by atoms with E-state index in [-0.39, 0.29) is 0 Å². The molecular formula is C12H13N3. The van der Waals surface area contributed by atoms with Crippen LogP contribution in [0.25, 0.3) is 10.9 Å². The molecule has 2 aromatic rings. The number of nitriles is 1. The first-order valence-corrected chi connectivity index (χ1v) is 4.97. The van der Waals surface area contributed by atoms with Gasteiger partial charge in [-0.1, -0.05) is 18.2 Å². The fourth-order valence-electron chi connectivity index (χ4n) is 1.81. The summed E-state index contributed by atoms with van der Waals surface area (Å²) in [6.07, 6.45) is 0. The van der Waals surface area contributed by atoms with E-state index in [0.717, 1.165) is 12.1 Å². The van der Waals surface area contributed by atoms with Crippen molar-refractivity contribution in [2.45, 2.75) is 13.5 Å². The summed E-state index contributed by atoms with van der Waals surface area (Å²) in [6, 6.07) is 10.3. The van der Waals surface area contributed by atoms with Crippen LogP contribution in [0.5, 0.6) is 0 Å². The summed E-state index contributed by atoms with van der Waals surface area (Å²) in [5.41, 5.74) is 3.58. The zero-order valence-corrected chi connectivity index (χ0v) is 8.67. The van der Waals surface area contributed by atoms with Crippen LogP contribution in [0.1, 0.15) is 11.3 Å². The number of aryl methyl sites for hydroxylation is 1. The summed E-state index contributed by atoms with van der Waals surface area (Å²) >= 11 is 0. The Bertz CT molecular complexity index is 505. The van der Waals surface area contributed by atoms with Crippen LogP contribution in [0.4, 0.5) is 0 Å². The number of hydrogen-bond donors (Lipinski definition) is 2. The van der Waals surface area contributed by atoms with E-state index < -0.39 is 0 Å². The second-order valence-corrected chi connectivity index (χ2v) is 3.54. The topological polar surface area (TPSA) is 51.6 Å². The average molecular weight is 199 g/mol. The molecule has 0 amide bonds. The van der Waals surface area contributed by atoms with Crippen molar-refractivity contribution in [2.75, 3.05) is 6.54 Å². The van der Waals surface area contributed by atoms with Crippen molar-refractivity contribution in [3.05, 3.63) is 35.5 Å². The van der Waals surface area contributed by atoms with Gasteiger partial charge >= 0.3 is 0 Å². The molecule has 0 aliphatic rings. The predicted octanol–water partition coefficient (Wildman–Crippen LogP) is 2.09. The first-order chi connectivity index (χ1) is 7.33. The van der Waals surface area contributed by atoms with Crippen LogP contribution in [0.2, 0.25) is 0 Å². The fraction of sp³-hybridized carbons (Fsp3) is 0.250. The van der Waals surface area contributed by atoms with Gasteiger partial charge in [0.1, 0.15) is 0 Å². The van der Waals surface area contributed by atoms with E-state index in [2.05, 4.69) is 35.4 Å². The molecule has 2 N–H and O–H groups in total. The Morgan fingerprint density at radius 3 is 3.00 bits per heavy atom. The Morgan fingerprint density at radius 2 is 2.20 bits per heavy atom. The van der Waals surface area contributed by atoms with E-state index >= 15 is 0 Å². The number of nitrogens with one attached hydrogen (secondary N) is 2. The highest BCUT2D eigenvalue weighted by Crippen LogP contribution is 2.21. The van der Waals surface area contributed by atoms with E-state index in [1.807, 2.05) is 12.1 Å². The largest absolute Gasteiger partial charge is 0.358 e. The van der Waals surface area contributed by atoms with Gasteiger partial charge in [0.2, 0.25) is 0 Å². The molecule has 3 nitrogen and oxygen atoms in total. The summed E-state index contributed by atoms with van der Waals surface area (Å²) in [6.45, 7) is 3.19. The number of hydrogen-bond acceptors (Lipinski definition) is 2. The molecule has 1 heterocycles. The molecule has 0 bridgehead atoms. The zero-order valence-electron chi connectivity index (χ0n) is 8.67. The third kappa shape index (κ3) is 1.85. The third-order valence-corrected chi connectivity index (χ3v) is 2.53. The fourth-order valence-corrected chi connectivity index (χ4v) is 1.81. The van der Waals surface area contributed by atoms with Gasteiger partial charge in [0.15, 0.2) is 0 Å². The van der Waals surface area contributed by atoms with Crippen molar-refractivity contribution in [2.24, 2.45) is 0 Å².